The van der Waals surface area contributed by atoms with Gasteiger partial charge in [0.15, 0.2) is 0 Å². The lowest BCUT2D eigenvalue weighted by atomic mass is 10.2. The molecule has 1 rings (SSSR count). The van der Waals surface area contributed by atoms with Crippen LogP contribution in [0, 0.1) is 0 Å². The van der Waals surface area contributed by atoms with Crippen molar-refractivity contribution < 1.29 is 9.90 Å². The van der Waals surface area contributed by atoms with Crippen molar-refractivity contribution in [1.82, 2.24) is 4.90 Å². The molecule has 3 nitrogen and oxygen atoms in total. The largest absolute Gasteiger partial charge is 0.480 e. The molecule has 13 heavy (non-hydrogen) atoms. The maximum absolute atomic E-state index is 10.6. The molecule has 0 spiro atoms. The Kier molecular flexibility index (Phi) is 4.32. The number of rotatable bonds is 5. The first-order chi connectivity index (χ1) is 6.24. The van der Waals surface area contributed by atoms with Crippen molar-refractivity contribution in [3.8, 4) is 0 Å². The number of aliphatic carboxylic acids is 1. The van der Waals surface area contributed by atoms with Gasteiger partial charge in [-0.1, -0.05) is 6.08 Å². The molecule has 1 aliphatic heterocycles. The van der Waals surface area contributed by atoms with E-state index in [1.807, 2.05) is 16.7 Å². The summed E-state index contributed by atoms with van der Waals surface area (Å²) in [5.41, 5.74) is 0. The van der Waals surface area contributed by atoms with Gasteiger partial charge in [0, 0.05) is 18.3 Å². The highest BCUT2D eigenvalue weighted by Crippen LogP contribution is 2.21. The first kappa shape index (κ1) is 10.6. The lowest BCUT2D eigenvalue weighted by molar-refractivity contribution is -0.138. The van der Waals surface area contributed by atoms with Crippen LogP contribution in [0.25, 0.3) is 0 Å². The van der Waals surface area contributed by atoms with Gasteiger partial charge in [0.05, 0.1) is 6.54 Å². The SMILES string of the molecule is C=CCN(CC(=O)O)C1CCSC1. The molecule has 0 aliphatic carbocycles. The third-order valence-electron chi connectivity index (χ3n) is 2.12. The molecule has 0 aromatic rings. The summed E-state index contributed by atoms with van der Waals surface area (Å²) in [5, 5.41) is 8.69. The summed E-state index contributed by atoms with van der Waals surface area (Å²) in [4.78, 5) is 12.5. The number of thioether (sulfide) groups is 1. The van der Waals surface area contributed by atoms with Crippen molar-refractivity contribution in [2.75, 3.05) is 24.6 Å². The monoisotopic (exact) mass is 201 g/mol. The normalized spacial score (nSPS) is 22.1. The molecule has 0 radical (unpaired) electrons. The number of carboxylic acid groups (broad SMARTS) is 1. The van der Waals surface area contributed by atoms with E-state index in [0.717, 1.165) is 17.9 Å². The fraction of sp³-hybridized carbons (Fsp3) is 0.667. The summed E-state index contributed by atoms with van der Waals surface area (Å²) < 4.78 is 0. The van der Waals surface area contributed by atoms with Gasteiger partial charge >= 0.3 is 5.97 Å². The zero-order valence-corrected chi connectivity index (χ0v) is 8.42. The second-order valence-electron chi connectivity index (χ2n) is 3.13. The first-order valence-corrected chi connectivity index (χ1v) is 5.54. The van der Waals surface area contributed by atoms with E-state index in [4.69, 9.17) is 5.11 Å². The number of hydrogen-bond acceptors (Lipinski definition) is 3. The predicted molar refractivity (Wildman–Crippen MR) is 55.1 cm³/mol. The second kappa shape index (κ2) is 5.29. The molecule has 1 atom stereocenters. The van der Waals surface area contributed by atoms with E-state index in [1.54, 1.807) is 6.08 Å². The Labute approximate surface area is 82.8 Å². The van der Waals surface area contributed by atoms with Crippen molar-refractivity contribution in [1.29, 1.82) is 0 Å². The van der Waals surface area contributed by atoms with Crippen LogP contribution >= 0.6 is 11.8 Å². The molecule has 1 N–H and O–H groups in total. The summed E-state index contributed by atoms with van der Waals surface area (Å²) in [5.74, 6) is 1.46. The molecule has 0 amide bonds. The fourth-order valence-corrected chi connectivity index (χ4v) is 2.75. The van der Waals surface area contributed by atoms with Gasteiger partial charge in [0.1, 0.15) is 0 Å². The van der Waals surface area contributed by atoms with Crippen molar-refractivity contribution >= 4 is 17.7 Å². The molecular weight excluding hydrogens is 186 g/mol. The molecule has 4 heteroatoms. The van der Waals surface area contributed by atoms with E-state index in [1.165, 1.54) is 0 Å². The van der Waals surface area contributed by atoms with E-state index in [9.17, 15) is 4.79 Å². The number of carboxylic acids is 1. The third kappa shape index (κ3) is 3.40. The quantitative estimate of drug-likeness (QED) is 0.675. The maximum Gasteiger partial charge on any atom is 0.317 e. The van der Waals surface area contributed by atoms with Crippen molar-refractivity contribution in [2.45, 2.75) is 12.5 Å². The molecule has 0 saturated carbocycles. The minimum Gasteiger partial charge on any atom is -0.480 e. The van der Waals surface area contributed by atoms with Gasteiger partial charge in [-0.2, -0.15) is 11.8 Å². The molecular formula is C9H15NO2S. The Balaban J connectivity index is 2.44. The van der Waals surface area contributed by atoms with Gasteiger partial charge in [-0.05, 0) is 12.2 Å². The van der Waals surface area contributed by atoms with Gasteiger partial charge in [0.2, 0.25) is 0 Å². The molecule has 0 bridgehead atoms. The molecule has 1 heterocycles. The Morgan fingerprint density at radius 1 is 1.77 bits per heavy atom. The van der Waals surface area contributed by atoms with Crippen LogP contribution in [-0.4, -0.2) is 46.6 Å². The average Bonchev–Trinajstić information content (AvgIpc) is 2.54. The van der Waals surface area contributed by atoms with Gasteiger partial charge in [-0.25, -0.2) is 0 Å². The first-order valence-electron chi connectivity index (χ1n) is 4.38. The van der Waals surface area contributed by atoms with Crippen LogP contribution in [-0.2, 0) is 4.79 Å². The second-order valence-corrected chi connectivity index (χ2v) is 4.28. The van der Waals surface area contributed by atoms with Crippen LogP contribution in [0.3, 0.4) is 0 Å². The molecule has 0 aromatic carbocycles. The van der Waals surface area contributed by atoms with E-state index in [-0.39, 0.29) is 6.54 Å². The zero-order chi connectivity index (χ0) is 9.68. The average molecular weight is 201 g/mol. The van der Waals surface area contributed by atoms with Crippen LogP contribution in [0.4, 0.5) is 0 Å². The van der Waals surface area contributed by atoms with Crippen molar-refractivity contribution in [3.05, 3.63) is 12.7 Å². The van der Waals surface area contributed by atoms with Crippen LogP contribution in [0.5, 0.6) is 0 Å². The minimum absolute atomic E-state index is 0.136. The van der Waals surface area contributed by atoms with Crippen LogP contribution in [0.2, 0.25) is 0 Å². The Morgan fingerprint density at radius 2 is 2.54 bits per heavy atom. The van der Waals surface area contributed by atoms with Gasteiger partial charge in [-0.3, -0.25) is 9.69 Å². The Morgan fingerprint density at radius 3 is 3.00 bits per heavy atom. The number of carbonyl (C=O) groups is 1. The molecule has 1 saturated heterocycles. The number of hydrogen-bond donors (Lipinski definition) is 1. The summed E-state index contributed by atoms with van der Waals surface area (Å²) in [6, 6.07) is 0.430. The van der Waals surface area contributed by atoms with Crippen LogP contribution in [0.1, 0.15) is 6.42 Å². The fourth-order valence-electron chi connectivity index (χ4n) is 1.49. The molecule has 0 aromatic heterocycles. The van der Waals surface area contributed by atoms with E-state index in [0.29, 0.717) is 12.6 Å². The summed E-state index contributed by atoms with van der Waals surface area (Å²) >= 11 is 1.89. The molecule has 74 valence electrons. The summed E-state index contributed by atoms with van der Waals surface area (Å²) in [6.45, 7) is 4.45. The van der Waals surface area contributed by atoms with Crippen LogP contribution < -0.4 is 0 Å². The summed E-state index contributed by atoms with van der Waals surface area (Å²) in [7, 11) is 0. The van der Waals surface area contributed by atoms with Crippen molar-refractivity contribution in [3.63, 3.8) is 0 Å². The van der Waals surface area contributed by atoms with E-state index in [2.05, 4.69) is 6.58 Å². The number of nitrogens with zero attached hydrogens (tertiary/aromatic N) is 1. The smallest absolute Gasteiger partial charge is 0.317 e. The van der Waals surface area contributed by atoms with Gasteiger partial charge in [0.25, 0.3) is 0 Å². The van der Waals surface area contributed by atoms with E-state index < -0.39 is 5.97 Å². The standard InChI is InChI=1S/C9H15NO2S/c1-2-4-10(6-9(11)12)8-3-5-13-7-8/h2,8H,1,3-7H2,(H,11,12). The van der Waals surface area contributed by atoms with Gasteiger partial charge in [-0.15, -0.1) is 6.58 Å². The minimum atomic E-state index is -0.751. The molecule has 1 aliphatic rings. The maximum atomic E-state index is 10.6. The summed E-state index contributed by atoms with van der Waals surface area (Å²) in [6.07, 6.45) is 2.87. The topological polar surface area (TPSA) is 40.5 Å². The van der Waals surface area contributed by atoms with Crippen molar-refractivity contribution in [2.24, 2.45) is 0 Å². The third-order valence-corrected chi connectivity index (χ3v) is 3.27. The van der Waals surface area contributed by atoms with Crippen LogP contribution in [0.15, 0.2) is 12.7 Å². The zero-order valence-electron chi connectivity index (χ0n) is 7.61. The van der Waals surface area contributed by atoms with E-state index >= 15 is 0 Å². The predicted octanol–water partition coefficient (Wildman–Crippen LogP) is 1.06. The Bertz CT molecular complexity index is 190. The lowest BCUT2D eigenvalue weighted by Gasteiger charge is -2.24. The molecule has 1 unspecified atom stereocenters. The lowest BCUT2D eigenvalue weighted by Crippen LogP contribution is -2.39. The Hall–Kier alpha value is -0.480. The van der Waals surface area contributed by atoms with Gasteiger partial charge < -0.3 is 5.11 Å². The highest BCUT2D eigenvalue weighted by molar-refractivity contribution is 7.99. The molecule has 1 fully saturated rings. The highest BCUT2D eigenvalue weighted by Gasteiger charge is 2.23. The highest BCUT2D eigenvalue weighted by atomic mass is 32.2.